The molecule has 0 aliphatic rings. The van der Waals surface area contributed by atoms with Crippen molar-refractivity contribution in [1.29, 1.82) is 0 Å². The van der Waals surface area contributed by atoms with Crippen molar-refractivity contribution in [1.82, 2.24) is 9.97 Å². The minimum absolute atomic E-state index is 0.156. The molecule has 4 nitrogen and oxygen atoms in total. The van der Waals surface area contributed by atoms with E-state index in [2.05, 4.69) is 9.97 Å². The van der Waals surface area contributed by atoms with Gasteiger partial charge in [0.1, 0.15) is 5.58 Å². The van der Waals surface area contributed by atoms with Gasteiger partial charge in [-0.15, -0.1) is 0 Å². The number of nitrogens with zero attached hydrogens (tertiary/aromatic N) is 2. The van der Waals surface area contributed by atoms with Gasteiger partial charge in [0, 0.05) is 22.2 Å². The zero-order chi connectivity index (χ0) is 20.0. The lowest BCUT2D eigenvalue weighted by molar-refractivity contribution is 0.595. The highest BCUT2D eigenvalue weighted by molar-refractivity contribution is 6.36. The number of hydrogen-bond donors (Lipinski definition) is 0. The fourth-order valence-electron chi connectivity index (χ4n) is 3.35. The van der Waals surface area contributed by atoms with Crippen LogP contribution in [0.15, 0.2) is 82.1 Å². The number of rotatable bonds is 2. The second-order valence-electron chi connectivity index (χ2n) is 6.54. The van der Waals surface area contributed by atoms with Gasteiger partial charge >= 0.3 is 0 Å². The molecule has 0 saturated carbocycles. The highest BCUT2D eigenvalue weighted by Gasteiger charge is 2.14. The molecule has 0 amide bonds. The molecule has 0 saturated heterocycles. The van der Waals surface area contributed by atoms with Gasteiger partial charge in [-0.05, 0) is 42.0 Å². The van der Waals surface area contributed by atoms with E-state index < -0.39 is 0 Å². The van der Waals surface area contributed by atoms with Gasteiger partial charge in [-0.2, -0.15) is 4.98 Å². The molecule has 140 valence electrons. The van der Waals surface area contributed by atoms with Crippen LogP contribution in [-0.2, 0) is 0 Å². The molecule has 2 heterocycles. The smallest absolute Gasteiger partial charge is 0.284 e. The van der Waals surface area contributed by atoms with E-state index in [4.69, 9.17) is 27.6 Å². The van der Waals surface area contributed by atoms with E-state index >= 15 is 0 Å². The molecule has 0 aliphatic carbocycles. The zero-order valence-electron chi connectivity index (χ0n) is 14.9. The monoisotopic (exact) mass is 418 g/mol. The van der Waals surface area contributed by atoms with Crippen molar-refractivity contribution in [2.75, 3.05) is 0 Å². The second-order valence-corrected chi connectivity index (χ2v) is 7.38. The second kappa shape index (κ2) is 6.99. The summed E-state index contributed by atoms with van der Waals surface area (Å²) < 4.78 is 5.87. The molecule has 29 heavy (non-hydrogen) atoms. The summed E-state index contributed by atoms with van der Waals surface area (Å²) in [7, 11) is 0. The van der Waals surface area contributed by atoms with Crippen LogP contribution in [0, 0.1) is 0 Å². The Morgan fingerprint density at radius 3 is 2.59 bits per heavy atom. The Bertz CT molecular complexity index is 1460. The van der Waals surface area contributed by atoms with Gasteiger partial charge in [0.15, 0.2) is 0 Å². The van der Waals surface area contributed by atoms with Gasteiger partial charge in [-0.1, -0.05) is 53.5 Å². The molecule has 3 aromatic carbocycles. The standard InChI is InChI=1S/C23H12Cl2N2O2/c24-15-7-8-17(19(25)12-15)23-27-22(28)18-11-14(6-9-20(18)29-23)16-5-1-3-13-4-2-10-26-21(13)16/h1-12H. The molecule has 0 radical (unpaired) electrons. The van der Waals surface area contributed by atoms with Crippen LogP contribution < -0.4 is 5.56 Å². The van der Waals surface area contributed by atoms with Gasteiger partial charge in [0.2, 0.25) is 5.89 Å². The minimum atomic E-state index is -0.387. The van der Waals surface area contributed by atoms with Crippen molar-refractivity contribution in [2.24, 2.45) is 0 Å². The Morgan fingerprint density at radius 2 is 1.72 bits per heavy atom. The van der Waals surface area contributed by atoms with E-state index in [1.165, 1.54) is 0 Å². The van der Waals surface area contributed by atoms with Crippen LogP contribution in [-0.4, -0.2) is 9.97 Å². The molecule has 0 N–H and O–H groups in total. The van der Waals surface area contributed by atoms with Gasteiger partial charge in [0.05, 0.1) is 21.5 Å². The van der Waals surface area contributed by atoms with E-state index in [1.54, 1.807) is 36.5 Å². The number of pyridine rings is 1. The van der Waals surface area contributed by atoms with Crippen molar-refractivity contribution in [2.45, 2.75) is 0 Å². The maximum atomic E-state index is 12.7. The maximum Gasteiger partial charge on any atom is 0.284 e. The predicted molar refractivity (Wildman–Crippen MR) is 116 cm³/mol. The summed E-state index contributed by atoms with van der Waals surface area (Å²) in [5.41, 5.74) is 3.24. The van der Waals surface area contributed by atoms with Crippen molar-refractivity contribution >= 4 is 45.1 Å². The summed E-state index contributed by atoms with van der Waals surface area (Å²) in [4.78, 5) is 21.3. The third kappa shape index (κ3) is 3.16. The van der Waals surface area contributed by atoms with Gasteiger partial charge < -0.3 is 4.42 Å². The van der Waals surface area contributed by atoms with E-state index in [0.717, 1.165) is 22.0 Å². The lowest BCUT2D eigenvalue weighted by atomic mass is 10.0. The summed E-state index contributed by atoms with van der Waals surface area (Å²) in [6.07, 6.45) is 1.75. The molecule has 0 aliphatic heterocycles. The van der Waals surface area contributed by atoms with Crippen molar-refractivity contribution in [3.8, 4) is 22.6 Å². The third-order valence-electron chi connectivity index (χ3n) is 4.72. The molecule has 0 fully saturated rings. The Hall–Kier alpha value is -3.21. The normalized spacial score (nSPS) is 11.2. The largest absolute Gasteiger partial charge is 0.437 e. The molecular weight excluding hydrogens is 407 g/mol. The first-order valence-corrected chi connectivity index (χ1v) is 9.60. The number of para-hydroxylation sites is 1. The van der Waals surface area contributed by atoms with Gasteiger partial charge in [0.25, 0.3) is 5.56 Å². The first-order chi connectivity index (χ1) is 14.1. The minimum Gasteiger partial charge on any atom is -0.437 e. The topological polar surface area (TPSA) is 56.0 Å². The molecule has 0 unspecified atom stereocenters. The average molecular weight is 419 g/mol. The number of aromatic nitrogens is 2. The number of hydrogen-bond acceptors (Lipinski definition) is 4. The zero-order valence-corrected chi connectivity index (χ0v) is 16.4. The van der Waals surface area contributed by atoms with Crippen LogP contribution in [0.5, 0.6) is 0 Å². The van der Waals surface area contributed by atoms with E-state index in [-0.39, 0.29) is 11.4 Å². The fraction of sp³-hybridized carbons (Fsp3) is 0. The maximum absolute atomic E-state index is 12.7. The lowest BCUT2D eigenvalue weighted by Crippen LogP contribution is -2.07. The Labute approximate surface area is 175 Å². The first-order valence-electron chi connectivity index (χ1n) is 8.84. The Kier molecular flexibility index (Phi) is 4.31. The van der Waals surface area contributed by atoms with Crippen molar-refractivity contribution in [3.63, 3.8) is 0 Å². The van der Waals surface area contributed by atoms with Crippen LogP contribution in [0.3, 0.4) is 0 Å². The number of halogens is 2. The van der Waals surface area contributed by atoms with E-state index in [9.17, 15) is 4.79 Å². The number of fused-ring (bicyclic) bond motifs is 2. The summed E-state index contributed by atoms with van der Waals surface area (Å²) in [6, 6.07) is 20.2. The quantitative estimate of drug-likeness (QED) is 0.333. The molecule has 2 aromatic heterocycles. The molecule has 0 spiro atoms. The van der Waals surface area contributed by atoms with Crippen LogP contribution in [0.4, 0.5) is 0 Å². The SMILES string of the molecule is O=c1nc(-c2ccc(Cl)cc2Cl)oc2ccc(-c3cccc4cccnc34)cc12. The summed E-state index contributed by atoms with van der Waals surface area (Å²) in [5, 5.41) is 2.29. The van der Waals surface area contributed by atoms with Gasteiger partial charge in [-0.25, -0.2) is 0 Å². The van der Waals surface area contributed by atoms with Crippen molar-refractivity contribution < 1.29 is 4.42 Å². The first kappa shape index (κ1) is 17.9. The highest BCUT2D eigenvalue weighted by atomic mass is 35.5. The molecule has 5 rings (SSSR count). The van der Waals surface area contributed by atoms with Crippen molar-refractivity contribution in [3.05, 3.63) is 93.3 Å². The molecular formula is C23H12Cl2N2O2. The molecule has 0 atom stereocenters. The highest BCUT2D eigenvalue weighted by Crippen LogP contribution is 2.32. The van der Waals surface area contributed by atoms with E-state index in [1.807, 2.05) is 36.4 Å². The molecule has 5 aromatic rings. The average Bonchev–Trinajstić information content (AvgIpc) is 2.73. The molecule has 0 bridgehead atoms. The lowest BCUT2D eigenvalue weighted by Gasteiger charge is -2.08. The van der Waals surface area contributed by atoms with Crippen LogP contribution in [0.25, 0.3) is 44.5 Å². The Balaban J connectivity index is 1.69. The van der Waals surface area contributed by atoms with Crippen LogP contribution >= 0.6 is 23.2 Å². The van der Waals surface area contributed by atoms with Crippen LogP contribution in [0.1, 0.15) is 0 Å². The Morgan fingerprint density at radius 1 is 0.862 bits per heavy atom. The third-order valence-corrected chi connectivity index (χ3v) is 5.27. The predicted octanol–water partition coefficient (Wildman–Crippen LogP) is 6.38. The van der Waals surface area contributed by atoms with Crippen LogP contribution in [0.2, 0.25) is 10.0 Å². The summed E-state index contributed by atoms with van der Waals surface area (Å²) in [6.45, 7) is 0. The van der Waals surface area contributed by atoms with E-state index in [0.29, 0.717) is 26.6 Å². The van der Waals surface area contributed by atoms with Gasteiger partial charge in [-0.3, -0.25) is 9.78 Å². The molecule has 6 heteroatoms. The fourth-order valence-corrected chi connectivity index (χ4v) is 3.84. The number of benzene rings is 3. The summed E-state index contributed by atoms with van der Waals surface area (Å²) in [5.74, 6) is 0.156. The summed E-state index contributed by atoms with van der Waals surface area (Å²) >= 11 is 12.2.